The van der Waals surface area contributed by atoms with E-state index >= 15 is 0 Å². The molecule has 0 aromatic rings. The van der Waals surface area contributed by atoms with Crippen molar-refractivity contribution < 1.29 is 4.55 Å². The van der Waals surface area contributed by atoms with Crippen molar-refractivity contribution in [3.8, 4) is 0 Å². The zero-order valence-corrected chi connectivity index (χ0v) is 6.32. The van der Waals surface area contributed by atoms with E-state index in [0.717, 1.165) is 19.3 Å². The van der Waals surface area contributed by atoms with Gasteiger partial charge in [-0.25, -0.2) is 0 Å². The molecule has 0 bridgehead atoms. The first-order valence-corrected chi connectivity index (χ1v) is 4.39. The first-order chi connectivity index (χ1) is 4.27. The highest BCUT2D eigenvalue weighted by atomic mass is 32.2. The third kappa shape index (κ3) is 8.01. The van der Waals surface area contributed by atoms with Gasteiger partial charge in [-0.05, 0) is 19.3 Å². The van der Waals surface area contributed by atoms with Gasteiger partial charge in [0.05, 0.1) is 0 Å². The van der Waals surface area contributed by atoms with Gasteiger partial charge in [-0.15, -0.1) is 6.58 Å². The van der Waals surface area contributed by atoms with Crippen molar-refractivity contribution in [3.63, 3.8) is 0 Å². The Morgan fingerprint density at radius 2 is 2.22 bits per heavy atom. The van der Waals surface area contributed by atoms with Crippen LogP contribution >= 0.6 is 0 Å². The highest BCUT2D eigenvalue weighted by Gasteiger charge is 1.95. The molecule has 0 amide bonds. The third-order valence-corrected chi connectivity index (χ3v) is 1.69. The van der Waals surface area contributed by atoms with Gasteiger partial charge < -0.3 is 4.55 Å². The van der Waals surface area contributed by atoms with E-state index in [1.165, 1.54) is 0 Å². The molecule has 3 heteroatoms. The van der Waals surface area contributed by atoms with E-state index in [2.05, 4.69) is 6.58 Å². The standard InChI is InChI=1S/C6H13NOS/c1-2-3-4-5-6-9(7)8/h2H,1,3-7H2. The minimum Gasteiger partial charge on any atom is -0.598 e. The molecule has 1 unspecified atom stereocenters. The second-order valence-electron chi connectivity index (χ2n) is 1.87. The number of hydrogen-bond acceptors (Lipinski definition) is 2. The number of rotatable bonds is 5. The van der Waals surface area contributed by atoms with Crippen LogP contribution in [0.15, 0.2) is 12.7 Å². The van der Waals surface area contributed by atoms with Crippen LogP contribution in [-0.4, -0.2) is 10.3 Å². The Kier molecular flexibility index (Phi) is 6.14. The van der Waals surface area contributed by atoms with Crippen molar-refractivity contribution in [2.75, 3.05) is 5.75 Å². The molecule has 0 aromatic heterocycles. The second kappa shape index (κ2) is 6.13. The predicted molar refractivity (Wildman–Crippen MR) is 41.2 cm³/mol. The molecule has 0 heterocycles. The lowest BCUT2D eigenvalue weighted by molar-refractivity contribution is 0.592. The van der Waals surface area contributed by atoms with Crippen LogP contribution in [0.2, 0.25) is 0 Å². The van der Waals surface area contributed by atoms with Crippen LogP contribution in [0.5, 0.6) is 0 Å². The second-order valence-corrected chi connectivity index (χ2v) is 3.04. The van der Waals surface area contributed by atoms with Crippen molar-refractivity contribution in [3.05, 3.63) is 12.7 Å². The molecule has 1 atom stereocenters. The Balaban J connectivity index is 2.82. The van der Waals surface area contributed by atoms with E-state index in [9.17, 15) is 4.55 Å². The Morgan fingerprint density at radius 3 is 2.67 bits per heavy atom. The maximum absolute atomic E-state index is 10.3. The van der Waals surface area contributed by atoms with Gasteiger partial charge in [-0.1, -0.05) is 6.08 Å². The number of allylic oxidation sites excluding steroid dienone is 1. The number of hydrogen-bond donors (Lipinski definition) is 1. The largest absolute Gasteiger partial charge is 0.598 e. The average molecular weight is 147 g/mol. The average Bonchev–Trinajstić information content (AvgIpc) is 1.80. The highest BCUT2D eigenvalue weighted by molar-refractivity contribution is 7.89. The zero-order chi connectivity index (χ0) is 7.11. The molecule has 2 nitrogen and oxygen atoms in total. The minimum atomic E-state index is -1.10. The molecule has 0 rings (SSSR count). The van der Waals surface area contributed by atoms with Crippen molar-refractivity contribution in [1.29, 1.82) is 0 Å². The molecule has 0 saturated heterocycles. The van der Waals surface area contributed by atoms with Crippen molar-refractivity contribution >= 4 is 11.4 Å². The maximum atomic E-state index is 10.3. The summed E-state index contributed by atoms with van der Waals surface area (Å²) in [4.78, 5) is 0. The van der Waals surface area contributed by atoms with E-state index in [-0.39, 0.29) is 0 Å². The van der Waals surface area contributed by atoms with Gasteiger partial charge in [0.1, 0.15) is 5.75 Å². The van der Waals surface area contributed by atoms with Gasteiger partial charge in [0.2, 0.25) is 0 Å². The summed E-state index contributed by atoms with van der Waals surface area (Å²) in [6, 6.07) is 0. The van der Waals surface area contributed by atoms with Gasteiger partial charge >= 0.3 is 0 Å². The summed E-state index contributed by atoms with van der Waals surface area (Å²) in [5.74, 6) is 0.619. The van der Waals surface area contributed by atoms with Gasteiger partial charge in [0.15, 0.2) is 0 Å². The topological polar surface area (TPSA) is 49.1 Å². The van der Waals surface area contributed by atoms with Gasteiger partial charge in [-0.3, -0.25) is 0 Å². The SMILES string of the molecule is C=CCCCC[S+](N)[O-]. The summed E-state index contributed by atoms with van der Waals surface area (Å²) in [5, 5.41) is 5.02. The third-order valence-electron chi connectivity index (χ3n) is 1.00. The van der Waals surface area contributed by atoms with Crippen LogP contribution < -0.4 is 5.14 Å². The first-order valence-electron chi connectivity index (χ1n) is 3.01. The van der Waals surface area contributed by atoms with E-state index < -0.39 is 11.4 Å². The molecule has 0 aliphatic heterocycles. The maximum Gasteiger partial charge on any atom is 0.125 e. The fraction of sp³-hybridized carbons (Fsp3) is 0.667. The molecular weight excluding hydrogens is 134 g/mol. The summed E-state index contributed by atoms with van der Waals surface area (Å²) in [5.41, 5.74) is 0. The summed E-state index contributed by atoms with van der Waals surface area (Å²) in [6.07, 6.45) is 4.85. The summed E-state index contributed by atoms with van der Waals surface area (Å²) in [6.45, 7) is 3.57. The Labute approximate surface area is 59.4 Å². The Hall–Kier alpha value is 0.01000. The highest BCUT2D eigenvalue weighted by Crippen LogP contribution is 1.96. The molecule has 0 aliphatic rings. The molecule has 0 aliphatic carbocycles. The molecule has 0 saturated carbocycles. The van der Waals surface area contributed by atoms with Crippen molar-refractivity contribution in [2.24, 2.45) is 5.14 Å². The number of nitrogens with two attached hydrogens (primary N) is 1. The first kappa shape index (κ1) is 9.01. The Morgan fingerprint density at radius 1 is 1.56 bits per heavy atom. The van der Waals surface area contributed by atoms with Crippen molar-refractivity contribution in [1.82, 2.24) is 0 Å². The predicted octanol–water partition coefficient (Wildman–Crippen LogP) is 0.965. The quantitative estimate of drug-likeness (QED) is 0.358. The summed E-state index contributed by atoms with van der Waals surface area (Å²) in [7, 11) is 0. The van der Waals surface area contributed by atoms with Crippen LogP contribution in [0, 0.1) is 0 Å². The molecule has 2 N–H and O–H groups in total. The van der Waals surface area contributed by atoms with Crippen LogP contribution in [-0.2, 0) is 11.4 Å². The molecule has 0 spiro atoms. The molecule has 0 aromatic carbocycles. The van der Waals surface area contributed by atoms with Crippen LogP contribution in [0.1, 0.15) is 19.3 Å². The lowest BCUT2D eigenvalue weighted by Crippen LogP contribution is -2.16. The van der Waals surface area contributed by atoms with E-state index in [1.807, 2.05) is 6.08 Å². The molecule has 54 valence electrons. The van der Waals surface area contributed by atoms with E-state index in [0.29, 0.717) is 5.75 Å². The normalized spacial score (nSPS) is 13.1. The summed E-state index contributed by atoms with van der Waals surface area (Å²) >= 11 is -1.10. The van der Waals surface area contributed by atoms with E-state index in [4.69, 9.17) is 5.14 Å². The fourth-order valence-electron chi connectivity index (χ4n) is 0.533. The van der Waals surface area contributed by atoms with Crippen LogP contribution in [0.25, 0.3) is 0 Å². The molecule has 0 radical (unpaired) electrons. The lowest BCUT2D eigenvalue weighted by atomic mass is 10.2. The molecule has 9 heavy (non-hydrogen) atoms. The zero-order valence-electron chi connectivity index (χ0n) is 5.51. The van der Waals surface area contributed by atoms with Gasteiger partial charge in [0.25, 0.3) is 0 Å². The minimum absolute atomic E-state index is 0.619. The van der Waals surface area contributed by atoms with E-state index in [1.54, 1.807) is 0 Å². The monoisotopic (exact) mass is 147 g/mol. The molecule has 0 fully saturated rings. The fourth-order valence-corrected chi connectivity index (χ4v) is 1.02. The smallest absolute Gasteiger partial charge is 0.125 e. The summed E-state index contributed by atoms with van der Waals surface area (Å²) < 4.78 is 10.3. The lowest BCUT2D eigenvalue weighted by Gasteiger charge is -2.00. The van der Waals surface area contributed by atoms with Gasteiger partial charge in [0, 0.05) is 11.4 Å². The van der Waals surface area contributed by atoms with Gasteiger partial charge in [-0.2, -0.15) is 5.14 Å². The van der Waals surface area contributed by atoms with Crippen LogP contribution in [0.3, 0.4) is 0 Å². The van der Waals surface area contributed by atoms with Crippen LogP contribution in [0.4, 0.5) is 0 Å². The van der Waals surface area contributed by atoms with Crippen molar-refractivity contribution in [2.45, 2.75) is 19.3 Å². The Bertz CT molecular complexity index is 75.5. The number of unbranched alkanes of at least 4 members (excludes halogenated alkanes) is 2. The molecular formula is C6H13NOS.